The molecule has 1 N–H and O–H groups in total. The van der Waals surface area contributed by atoms with E-state index < -0.39 is 21.9 Å². The summed E-state index contributed by atoms with van der Waals surface area (Å²) in [5.41, 5.74) is 0.0957. The van der Waals surface area contributed by atoms with E-state index in [1.807, 2.05) is 0 Å². The normalized spacial score (nSPS) is 19.0. The quantitative estimate of drug-likeness (QED) is 0.789. The Morgan fingerprint density at radius 2 is 2.24 bits per heavy atom. The van der Waals surface area contributed by atoms with E-state index in [4.69, 9.17) is 14.0 Å². The summed E-state index contributed by atoms with van der Waals surface area (Å²) >= 11 is 0. The number of anilines is 1. The number of benzene rings is 1. The molecule has 1 aliphatic rings. The summed E-state index contributed by atoms with van der Waals surface area (Å²) < 4.78 is 56.0. The highest BCUT2D eigenvalue weighted by atomic mass is 32.2. The van der Waals surface area contributed by atoms with Crippen LogP contribution in [0.25, 0.3) is 11.5 Å². The molecule has 8 nitrogen and oxygen atoms in total. The van der Waals surface area contributed by atoms with Crippen molar-refractivity contribution in [3.8, 4) is 11.5 Å². The summed E-state index contributed by atoms with van der Waals surface area (Å²) in [4.78, 5) is 3.88. The van der Waals surface area contributed by atoms with Crippen LogP contribution in [0.3, 0.4) is 0 Å². The van der Waals surface area contributed by atoms with Gasteiger partial charge in [-0.3, -0.25) is 0 Å². The molecular weight excluding hydrogens is 353 g/mol. The van der Waals surface area contributed by atoms with Crippen LogP contribution in [0.4, 0.5) is 10.3 Å². The Labute approximate surface area is 144 Å². The molecule has 1 aliphatic heterocycles. The SMILES string of the molecule is COC(CS(=O)(=O)Nc1noc(-c2ccccc2F)n1)C1CCOC1. The van der Waals surface area contributed by atoms with Crippen LogP contribution < -0.4 is 4.72 Å². The molecule has 0 amide bonds. The van der Waals surface area contributed by atoms with Crippen LogP contribution in [-0.4, -0.2) is 50.7 Å². The van der Waals surface area contributed by atoms with Gasteiger partial charge in [0.25, 0.3) is 11.8 Å². The third-order valence-corrected chi connectivity index (χ3v) is 5.22. The average molecular weight is 371 g/mol. The third kappa shape index (κ3) is 4.33. The Kier molecular flexibility index (Phi) is 5.30. The average Bonchev–Trinajstić information content (AvgIpc) is 3.24. The fourth-order valence-corrected chi connectivity index (χ4v) is 3.93. The van der Waals surface area contributed by atoms with Crippen molar-refractivity contribution in [3.63, 3.8) is 0 Å². The van der Waals surface area contributed by atoms with E-state index in [1.165, 1.54) is 25.3 Å². The number of methoxy groups -OCH3 is 1. The summed E-state index contributed by atoms with van der Waals surface area (Å²) in [5.74, 6) is -1.15. The molecule has 10 heteroatoms. The monoisotopic (exact) mass is 371 g/mol. The maximum Gasteiger partial charge on any atom is 0.277 e. The van der Waals surface area contributed by atoms with Crippen molar-refractivity contribution in [1.82, 2.24) is 10.1 Å². The lowest BCUT2D eigenvalue weighted by Crippen LogP contribution is -2.34. The van der Waals surface area contributed by atoms with Crippen molar-refractivity contribution >= 4 is 16.0 Å². The topological polar surface area (TPSA) is 104 Å². The molecular formula is C15H18FN3O5S. The molecule has 0 spiro atoms. The van der Waals surface area contributed by atoms with Gasteiger partial charge in [-0.1, -0.05) is 12.1 Å². The highest BCUT2D eigenvalue weighted by Crippen LogP contribution is 2.23. The van der Waals surface area contributed by atoms with Gasteiger partial charge in [0, 0.05) is 19.6 Å². The maximum atomic E-state index is 13.7. The van der Waals surface area contributed by atoms with Crippen molar-refractivity contribution in [3.05, 3.63) is 30.1 Å². The number of sulfonamides is 1. The number of hydrogen-bond donors (Lipinski definition) is 1. The summed E-state index contributed by atoms with van der Waals surface area (Å²) in [5, 5.41) is 3.54. The molecule has 1 aromatic heterocycles. The van der Waals surface area contributed by atoms with Gasteiger partial charge in [-0.2, -0.15) is 4.98 Å². The molecule has 1 saturated heterocycles. The number of nitrogens with zero attached hydrogens (tertiary/aromatic N) is 2. The zero-order valence-corrected chi connectivity index (χ0v) is 14.3. The number of ether oxygens (including phenoxy) is 2. The van der Waals surface area contributed by atoms with Crippen LogP contribution in [0.1, 0.15) is 6.42 Å². The van der Waals surface area contributed by atoms with Gasteiger partial charge in [0.15, 0.2) is 0 Å². The van der Waals surface area contributed by atoms with Crippen LogP contribution in [-0.2, 0) is 19.5 Å². The first-order valence-corrected chi connectivity index (χ1v) is 9.33. The van der Waals surface area contributed by atoms with E-state index in [2.05, 4.69) is 14.9 Å². The highest BCUT2D eigenvalue weighted by Gasteiger charge is 2.30. The van der Waals surface area contributed by atoms with E-state index >= 15 is 0 Å². The molecule has 1 aromatic carbocycles. The number of hydrogen-bond acceptors (Lipinski definition) is 7. The van der Waals surface area contributed by atoms with E-state index in [9.17, 15) is 12.8 Å². The van der Waals surface area contributed by atoms with Gasteiger partial charge in [0.1, 0.15) is 5.82 Å². The lowest BCUT2D eigenvalue weighted by molar-refractivity contribution is 0.0612. The molecule has 0 radical (unpaired) electrons. The predicted octanol–water partition coefficient (Wildman–Crippen LogP) is 1.67. The third-order valence-electron chi connectivity index (χ3n) is 3.95. The second kappa shape index (κ2) is 7.46. The van der Waals surface area contributed by atoms with Crippen molar-refractivity contribution in [2.24, 2.45) is 5.92 Å². The van der Waals surface area contributed by atoms with Crippen LogP contribution in [0, 0.1) is 11.7 Å². The Morgan fingerprint density at radius 1 is 1.44 bits per heavy atom. The van der Waals surface area contributed by atoms with Crippen molar-refractivity contribution < 1.29 is 26.8 Å². The standard InChI is InChI=1S/C15H18FN3O5S/c1-22-13(10-6-7-23-8-10)9-25(20,21)19-15-17-14(24-18-15)11-4-2-3-5-12(11)16/h2-5,10,13H,6-9H2,1H3,(H,18,19). The van der Waals surface area contributed by atoms with E-state index in [1.54, 1.807) is 6.07 Å². The fraction of sp³-hybridized carbons (Fsp3) is 0.467. The molecule has 0 aliphatic carbocycles. The van der Waals surface area contributed by atoms with Gasteiger partial charge >= 0.3 is 0 Å². The Bertz CT molecular complexity index is 820. The second-order valence-electron chi connectivity index (χ2n) is 5.68. The lowest BCUT2D eigenvalue weighted by atomic mass is 10.0. The number of rotatable bonds is 7. The van der Waals surface area contributed by atoms with Crippen molar-refractivity contribution in [2.45, 2.75) is 12.5 Å². The van der Waals surface area contributed by atoms with Gasteiger partial charge in [-0.25, -0.2) is 17.5 Å². The van der Waals surface area contributed by atoms with E-state index in [0.29, 0.717) is 13.2 Å². The first-order valence-electron chi connectivity index (χ1n) is 7.68. The minimum atomic E-state index is -3.77. The fourth-order valence-electron chi connectivity index (χ4n) is 2.65. The molecule has 136 valence electrons. The van der Waals surface area contributed by atoms with Crippen molar-refractivity contribution in [2.75, 3.05) is 30.8 Å². The molecule has 1 fully saturated rings. The molecule has 25 heavy (non-hydrogen) atoms. The maximum absolute atomic E-state index is 13.7. The minimum Gasteiger partial charge on any atom is -0.381 e. The van der Waals surface area contributed by atoms with Gasteiger partial charge in [0.2, 0.25) is 10.0 Å². The van der Waals surface area contributed by atoms with E-state index in [-0.39, 0.29) is 29.1 Å². The smallest absolute Gasteiger partial charge is 0.277 e. The first-order chi connectivity index (χ1) is 12.0. The van der Waals surface area contributed by atoms with E-state index in [0.717, 1.165) is 6.42 Å². The summed E-state index contributed by atoms with van der Waals surface area (Å²) in [6, 6.07) is 5.84. The predicted molar refractivity (Wildman–Crippen MR) is 86.8 cm³/mol. The molecule has 0 saturated carbocycles. The Hall–Kier alpha value is -2.04. The number of nitrogens with one attached hydrogen (secondary N) is 1. The number of aromatic nitrogens is 2. The van der Waals surface area contributed by atoms with Crippen molar-refractivity contribution in [1.29, 1.82) is 0 Å². The van der Waals surface area contributed by atoms with Gasteiger partial charge in [-0.15, -0.1) is 0 Å². The summed E-state index contributed by atoms with van der Waals surface area (Å²) in [7, 11) is -2.31. The van der Waals surface area contributed by atoms with Crippen LogP contribution in [0.15, 0.2) is 28.8 Å². The molecule has 3 rings (SSSR count). The summed E-state index contributed by atoms with van der Waals surface area (Å²) in [6.45, 7) is 1.06. The lowest BCUT2D eigenvalue weighted by Gasteiger charge is -2.20. The molecule has 2 unspecified atom stereocenters. The largest absolute Gasteiger partial charge is 0.381 e. The molecule has 0 bridgehead atoms. The summed E-state index contributed by atoms with van der Waals surface area (Å²) in [6.07, 6.45) is 0.242. The number of halogens is 1. The zero-order chi connectivity index (χ0) is 17.9. The minimum absolute atomic E-state index is 0.0146. The Balaban J connectivity index is 1.70. The molecule has 2 heterocycles. The van der Waals surface area contributed by atoms with Crippen LogP contribution in [0.5, 0.6) is 0 Å². The van der Waals surface area contributed by atoms with Gasteiger partial charge in [-0.05, 0) is 23.7 Å². The van der Waals surface area contributed by atoms with Gasteiger partial charge in [0.05, 0.1) is 24.0 Å². The highest BCUT2D eigenvalue weighted by molar-refractivity contribution is 7.92. The van der Waals surface area contributed by atoms with Gasteiger partial charge < -0.3 is 14.0 Å². The molecule has 2 aromatic rings. The van der Waals surface area contributed by atoms with Crippen LogP contribution >= 0.6 is 0 Å². The zero-order valence-electron chi connectivity index (χ0n) is 13.5. The molecule has 2 atom stereocenters. The second-order valence-corrected chi connectivity index (χ2v) is 7.45. The Morgan fingerprint density at radius 3 is 2.92 bits per heavy atom. The first kappa shape index (κ1) is 17.8. The van der Waals surface area contributed by atoms with Crippen LogP contribution in [0.2, 0.25) is 0 Å².